The van der Waals surface area contributed by atoms with E-state index < -0.39 is 0 Å². The molecule has 0 spiro atoms. The second-order valence-corrected chi connectivity index (χ2v) is 9.65. The number of hydrogen-bond acceptors (Lipinski definition) is 6. The Bertz CT molecular complexity index is 1700. The van der Waals surface area contributed by atoms with Crippen LogP contribution in [0, 0.1) is 0 Å². The summed E-state index contributed by atoms with van der Waals surface area (Å²) in [6, 6.07) is 26.2. The minimum absolute atomic E-state index is 0. The first-order valence-electron chi connectivity index (χ1n) is 13.3. The number of aromatic nitrogens is 4. The molecule has 2 aromatic heterocycles. The number of nitrogens with zero attached hydrogens (tertiary/aromatic N) is 4. The van der Waals surface area contributed by atoms with Crippen molar-refractivity contribution in [1.82, 2.24) is 24.0 Å². The summed E-state index contributed by atoms with van der Waals surface area (Å²) in [4.78, 5) is 29.1. The lowest BCUT2D eigenvalue weighted by Crippen LogP contribution is -2.37. The average molecular weight is 576 g/mol. The molecule has 3 aromatic carbocycles. The number of aryl methyl sites for hydroxylation is 1. The monoisotopic (exact) mass is 575 g/mol. The van der Waals surface area contributed by atoms with Crippen LogP contribution in [0.3, 0.4) is 0 Å². The Balaban J connectivity index is 0.00000387. The van der Waals surface area contributed by atoms with Crippen LogP contribution in [0.1, 0.15) is 16.7 Å². The van der Waals surface area contributed by atoms with Gasteiger partial charge in [-0.3, -0.25) is 13.9 Å². The summed E-state index contributed by atoms with van der Waals surface area (Å²) in [6.07, 6.45) is 2.40. The molecule has 5 aromatic rings. The zero-order valence-corrected chi connectivity index (χ0v) is 24.0. The number of halogens is 1. The lowest BCUT2D eigenvalue weighted by atomic mass is 10.1. The molecule has 41 heavy (non-hydrogen) atoms. The zero-order valence-electron chi connectivity index (χ0n) is 23.2. The van der Waals surface area contributed by atoms with Gasteiger partial charge in [-0.15, -0.1) is 12.4 Å². The van der Waals surface area contributed by atoms with Crippen molar-refractivity contribution in [3.05, 3.63) is 123 Å². The Morgan fingerprint density at radius 2 is 1.39 bits per heavy atom. The van der Waals surface area contributed by atoms with Crippen molar-refractivity contribution in [3.8, 4) is 11.5 Å². The van der Waals surface area contributed by atoms with E-state index in [1.165, 1.54) is 11.6 Å². The van der Waals surface area contributed by atoms with Crippen LogP contribution in [0.25, 0.3) is 11.2 Å². The molecule has 0 aliphatic heterocycles. The van der Waals surface area contributed by atoms with Gasteiger partial charge in [0.05, 0.1) is 6.33 Å². The minimum Gasteiger partial charge on any atom is -0.485 e. The molecule has 10 heteroatoms. The van der Waals surface area contributed by atoms with Gasteiger partial charge in [0.1, 0.15) is 13.2 Å². The van der Waals surface area contributed by atoms with Gasteiger partial charge in [-0.1, -0.05) is 66.7 Å². The molecule has 0 radical (unpaired) electrons. The summed E-state index contributed by atoms with van der Waals surface area (Å²) in [5, 5.41) is 3.44. The van der Waals surface area contributed by atoms with Gasteiger partial charge in [0.2, 0.25) is 0 Å². The molecule has 0 amide bonds. The molecule has 0 saturated carbocycles. The minimum atomic E-state index is -0.385. The van der Waals surface area contributed by atoms with E-state index in [4.69, 9.17) is 9.47 Å². The predicted molar refractivity (Wildman–Crippen MR) is 162 cm³/mol. The molecule has 0 unspecified atom stereocenters. The lowest BCUT2D eigenvalue weighted by molar-refractivity contribution is 0.255. The Hall–Kier alpha value is -4.34. The number of hydrogen-bond donors (Lipinski definition) is 1. The maximum absolute atomic E-state index is 12.6. The van der Waals surface area contributed by atoms with Crippen LogP contribution < -0.4 is 26.0 Å². The van der Waals surface area contributed by atoms with E-state index >= 15 is 0 Å². The molecule has 5 rings (SSSR count). The fourth-order valence-corrected chi connectivity index (χ4v) is 4.53. The fraction of sp³-hybridized carbons (Fsp3) is 0.258. The van der Waals surface area contributed by atoms with E-state index in [0.717, 1.165) is 34.2 Å². The SMILES string of the molecule is Cl.Cn1c(=O)c2c(ncn2CCNCCc2ccc(OCc3ccccc3)c(OCc3ccccc3)c2)n(C)c1=O. The third-order valence-electron chi connectivity index (χ3n) is 6.82. The summed E-state index contributed by atoms with van der Waals surface area (Å²) >= 11 is 0. The Kier molecular flexibility index (Phi) is 10.00. The second kappa shape index (κ2) is 13.8. The highest BCUT2D eigenvalue weighted by atomic mass is 35.5. The van der Waals surface area contributed by atoms with Gasteiger partial charge in [-0.05, 0) is 41.8 Å². The quantitative estimate of drug-likeness (QED) is 0.227. The largest absolute Gasteiger partial charge is 0.485 e. The first-order valence-corrected chi connectivity index (χ1v) is 13.3. The Morgan fingerprint density at radius 1 is 0.756 bits per heavy atom. The zero-order chi connectivity index (χ0) is 27.9. The first kappa shape index (κ1) is 29.6. The molecule has 0 saturated heterocycles. The summed E-state index contributed by atoms with van der Waals surface area (Å²) in [7, 11) is 3.10. The van der Waals surface area contributed by atoms with Crippen molar-refractivity contribution < 1.29 is 9.47 Å². The van der Waals surface area contributed by atoms with E-state index in [1.54, 1.807) is 17.9 Å². The van der Waals surface area contributed by atoms with Gasteiger partial charge in [-0.25, -0.2) is 9.78 Å². The standard InChI is InChI=1S/C31H33N5O4.ClH/c1-34-29-28(30(37)35(2)31(34)38)36(22-33-29)18-17-32-16-15-23-13-14-26(39-20-24-9-5-3-6-10-24)27(19-23)40-21-25-11-7-4-8-12-25;/h3-14,19,22,32H,15-18,20-21H2,1-2H3;1H. The summed E-state index contributed by atoms with van der Waals surface area (Å²) < 4.78 is 16.6. The number of fused-ring (bicyclic) bond motifs is 1. The predicted octanol–water partition coefficient (Wildman–Crippen LogP) is 3.85. The Labute approximate surface area is 244 Å². The summed E-state index contributed by atoms with van der Waals surface area (Å²) in [5.74, 6) is 1.42. The molecular weight excluding hydrogens is 542 g/mol. The van der Waals surface area contributed by atoms with Crippen LogP contribution in [0.5, 0.6) is 11.5 Å². The molecule has 214 valence electrons. The van der Waals surface area contributed by atoms with Crippen molar-refractivity contribution in [3.63, 3.8) is 0 Å². The third kappa shape index (κ3) is 7.06. The molecule has 0 aliphatic rings. The van der Waals surface area contributed by atoms with E-state index in [1.807, 2.05) is 72.8 Å². The number of rotatable bonds is 12. The highest BCUT2D eigenvalue weighted by Crippen LogP contribution is 2.30. The van der Waals surface area contributed by atoms with Crippen molar-refractivity contribution in [2.75, 3.05) is 13.1 Å². The smallest absolute Gasteiger partial charge is 0.332 e. The average Bonchev–Trinajstić information content (AvgIpc) is 3.42. The molecule has 0 aliphatic carbocycles. The van der Waals surface area contributed by atoms with E-state index in [-0.39, 0.29) is 23.7 Å². The van der Waals surface area contributed by atoms with Gasteiger partial charge in [0.25, 0.3) is 5.56 Å². The van der Waals surface area contributed by atoms with Crippen LogP contribution in [-0.2, 0) is 40.3 Å². The Morgan fingerprint density at radius 3 is 2.05 bits per heavy atom. The second-order valence-electron chi connectivity index (χ2n) is 9.65. The molecule has 0 atom stereocenters. The van der Waals surface area contributed by atoms with Crippen LogP contribution in [-0.4, -0.2) is 31.8 Å². The maximum atomic E-state index is 12.6. The van der Waals surface area contributed by atoms with Crippen LogP contribution in [0.15, 0.2) is 94.8 Å². The number of nitrogens with one attached hydrogen (secondary N) is 1. The van der Waals surface area contributed by atoms with Gasteiger partial charge in [0, 0.05) is 27.2 Å². The summed E-state index contributed by atoms with van der Waals surface area (Å²) in [5.41, 5.74) is 3.40. The summed E-state index contributed by atoms with van der Waals surface area (Å²) in [6.45, 7) is 2.86. The maximum Gasteiger partial charge on any atom is 0.332 e. The molecule has 9 nitrogen and oxygen atoms in total. The van der Waals surface area contributed by atoms with Gasteiger partial charge >= 0.3 is 5.69 Å². The highest BCUT2D eigenvalue weighted by molar-refractivity contribution is 5.85. The van der Waals surface area contributed by atoms with Gasteiger partial charge in [0.15, 0.2) is 22.7 Å². The van der Waals surface area contributed by atoms with Crippen molar-refractivity contribution in [2.45, 2.75) is 26.2 Å². The highest BCUT2D eigenvalue weighted by Gasteiger charge is 2.14. The number of ether oxygens (including phenoxy) is 2. The molecule has 1 N–H and O–H groups in total. The molecule has 0 fully saturated rings. The fourth-order valence-electron chi connectivity index (χ4n) is 4.53. The normalized spacial score (nSPS) is 10.9. The molecule has 0 bridgehead atoms. The number of imidazole rings is 1. The third-order valence-corrected chi connectivity index (χ3v) is 6.82. The van der Waals surface area contributed by atoms with Crippen molar-refractivity contribution in [1.29, 1.82) is 0 Å². The first-order chi connectivity index (χ1) is 19.5. The topological polar surface area (TPSA) is 92.3 Å². The molecular formula is C31H34ClN5O4. The van der Waals surface area contributed by atoms with Gasteiger partial charge in [-0.2, -0.15) is 0 Å². The van der Waals surface area contributed by atoms with Crippen molar-refractivity contribution >= 4 is 23.6 Å². The van der Waals surface area contributed by atoms with E-state index in [0.29, 0.717) is 49.0 Å². The van der Waals surface area contributed by atoms with Crippen LogP contribution in [0.4, 0.5) is 0 Å². The van der Waals surface area contributed by atoms with Crippen molar-refractivity contribution in [2.24, 2.45) is 14.1 Å². The van der Waals surface area contributed by atoms with Crippen LogP contribution >= 0.6 is 12.4 Å². The van der Waals surface area contributed by atoms with E-state index in [2.05, 4.69) is 16.4 Å². The lowest BCUT2D eigenvalue weighted by Gasteiger charge is -2.15. The van der Waals surface area contributed by atoms with Crippen LogP contribution in [0.2, 0.25) is 0 Å². The molecule has 2 heterocycles. The number of benzene rings is 3. The van der Waals surface area contributed by atoms with E-state index in [9.17, 15) is 9.59 Å². The van der Waals surface area contributed by atoms with Gasteiger partial charge < -0.3 is 19.4 Å².